The van der Waals surface area contributed by atoms with Crippen LogP contribution in [0.4, 0.5) is 5.69 Å². The molecule has 0 radical (unpaired) electrons. The van der Waals surface area contributed by atoms with Crippen molar-refractivity contribution in [3.8, 4) is 0 Å². The summed E-state index contributed by atoms with van der Waals surface area (Å²) in [6, 6.07) is 14.8. The summed E-state index contributed by atoms with van der Waals surface area (Å²) in [6.07, 6.45) is 4.13. The van der Waals surface area contributed by atoms with Crippen molar-refractivity contribution in [2.45, 2.75) is 19.4 Å². The second kappa shape index (κ2) is 7.85. The second-order valence-electron chi connectivity index (χ2n) is 5.64. The highest BCUT2D eigenvalue weighted by Crippen LogP contribution is 2.17. The number of aromatic nitrogens is 1. The highest BCUT2D eigenvalue weighted by Gasteiger charge is 2.15. The van der Waals surface area contributed by atoms with Crippen LogP contribution in [0.2, 0.25) is 5.02 Å². The van der Waals surface area contributed by atoms with E-state index < -0.39 is 6.04 Å². The van der Waals surface area contributed by atoms with Gasteiger partial charge in [-0.2, -0.15) is 5.10 Å². The SMILES string of the molecule is CC[C@H](Nc1cccc(Cl)c1)C(=O)N/N=C\c1c[nH]c2ccccc12. The Hall–Kier alpha value is -2.79. The number of hydrogen-bond donors (Lipinski definition) is 3. The van der Waals surface area contributed by atoms with E-state index in [2.05, 4.69) is 20.8 Å². The summed E-state index contributed by atoms with van der Waals surface area (Å²) in [5.41, 5.74) is 5.35. The van der Waals surface area contributed by atoms with Gasteiger partial charge in [-0.05, 0) is 30.7 Å². The van der Waals surface area contributed by atoms with Gasteiger partial charge < -0.3 is 10.3 Å². The molecule has 1 heterocycles. The lowest BCUT2D eigenvalue weighted by Crippen LogP contribution is -2.36. The van der Waals surface area contributed by atoms with Gasteiger partial charge >= 0.3 is 0 Å². The lowest BCUT2D eigenvalue weighted by Gasteiger charge is -2.16. The number of anilines is 1. The molecule has 2 aromatic carbocycles. The molecule has 1 amide bonds. The molecule has 6 heteroatoms. The molecule has 0 spiro atoms. The lowest BCUT2D eigenvalue weighted by molar-refractivity contribution is -0.121. The Morgan fingerprint density at radius 2 is 2.12 bits per heavy atom. The summed E-state index contributed by atoms with van der Waals surface area (Å²) < 4.78 is 0. The summed E-state index contributed by atoms with van der Waals surface area (Å²) >= 11 is 5.97. The number of nitrogens with one attached hydrogen (secondary N) is 3. The van der Waals surface area contributed by atoms with Gasteiger partial charge in [0.15, 0.2) is 0 Å². The van der Waals surface area contributed by atoms with E-state index >= 15 is 0 Å². The molecule has 3 N–H and O–H groups in total. The first-order chi connectivity index (χ1) is 12.2. The van der Waals surface area contributed by atoms with Crippen molar-refractivity contribution in [1.82, 2.24) is 10.4 Å². The lowest BCUT2D eigenvalue weighted by atomic mass is 10.2. The van der Waals surface area contributed by atoms with Crippen molar-refractivity contribution in [2.24, 2.45) is 5.10 Å². The monoisotopic (exact) mass is 354 g/mol. The average Bonchev–Trinajstić information content (AvgIpc) is 3.03. The summed E-state index contributed by atoms with van der Waals surface area (Å²) in [6.45, 7) is 1.94. The predicted octanol–water partition coefficient (Wildman–Crippen LogP) is 4.16. The van der Waals surface area contributed by atoms with Gasteiger partial charge in [0, 0.05) is 33.4 Å². The Balaban J connectivity index is 1.64. The van der Waals surface area contributed by atoms with Gasteiger partial charge in [0.25, 0.3) is 5.91 Å². The Kier molecular flexibility index (Phi) is 5.36. The normalized spacial score (nSPS) is 12.4. The first-order valence-electron chi connectivity index (χ1n) is 8.08. The Morgan fingerprint density at radius 3 is 2.92 bits per heavy atom. The minimum atomic E-state index is -0.390. The number of nitrogens with zero attached hydrogens (tertiary/aromatic N) is 1. The summed E-state index contributed by atoms with van der Waals surface area (Å²) in [7, 11) is 0. The fourth-order valence-electron chi connectivity index (χ4n) is 2.58. The molecule has 0 aliphatic heterocycles. The Morgan fingerprint density at radius 1 is 1.28 bits per heavy atom. The van der Waals surface area contributed by atoms with Crippen molar-refractivity contribution in [3.05, 3.63) is 65.3 Å². The molecule has 0 saturated carbocycles. The van der Waals surface area contributed by atoms with Gasteiger partial charge in [0.1, 0.15) is 6.04 Å². The first kappa shape index (κ1) is 17.0. The Bertz CT molecular complexity index is 903. The van der Waals surface area contributed by atoms with E-state index in [1.54, 1.807) is 18.3 Å². The van der Waals surface area contributed by atoms with Crippen LogP contribution in [0.15, 0.2) is 59.8 Å². The molecule has 128 valence electrons. The predicted molar refractivity (Wildman–Crippen MR) is 103 cm³/mol. The van der Waals surface area contributed by atoms with Gasteiger partial charge in [-0.1, -0.05) is 42.8 Å². The van der Waals surface area contributed by atoms with Gasteiger partial charge in [0.05, 0.1) is 6.21 Å². The largest absolute Gasteiger partial charge is 0.374 e. The van der Waals surface area contributed by atoms with E-state index in [-0.39, 0.29) is 5.91 Å². The standard InChI is InChI=1S/C19H19ClN4O/c1-2-17(23-15-7-5-6-14(20)10-15)19(25)24-22-12-13-11-21-18-9-4-3-8-16(13)18/h3-12,17,21,23H,2H2,1H3,(H,24,25)/b22-12-/t17-/m0/s1. The van der Waals surface area contributed by atoms with Crippen LogP contribution in [0, 0.1) is 0 Å². The summed E-state index contributed by atoms with van der Waals surface area (Å²) in [5, 5.41) is 8.93. The molecule has 3 rings (SSSR count). The molecule has 0 unspecified atom stereocenters. The summed E-state index contributed by atoms with van der Waals surface area (Å²) in [5.74, 6) is -0.196. The number of amides is 1. The first-order valence-corrected chi connectivity index (χ1v) is 8.46. The number of para-hydroxylation sites is 1. The van der Waals surface area contributed by atoms with Crippen molar-refractivity contribution >= 4 is 40.3 Å². The molecular weight excluding hydrogens is 336 g/mol. The number of aromatic amines is 1. The van der Waals surface area contributed by atoms with E-state index in [9.17, 15) is 4.79 Å². The molecule has 0 aliphatic rings. The third kappa shape index (κ3) is 4.19. The van der Waals surface area contributed by atoms with Crippen molar-refractivity contribution in [1.29, 1.82) is 0 Å². The van der Waals surface area contributed by atoms with Crippen molar-refractivity contribution < 1.29 is 4.79 Å². The second-order valence-corrected chi connectivity index (χ2v) is 6.08. The molecule has 0 saturated heterocycles. The van der Waals surface area contributed by atoms with Crippen molar-refractivity contribution in [2.75, 3.05) is 5.32 Å². The van der Waals surface area contributed by atoms with Crippen LogP contribution >= 0.6 is 11.6 Å². The van der Waals surface area contributed by atoms with Crippen LogP contribution < -0.4 is 10.7 Å². The van der Waals surface area contributed by atoms with Crippen LogP contribution in [-0.4, -0.2) is 23.1 Å². The molecule has 0 fully saturated rings. The Labute approximate surface area is 151 Å². The number of fused-ring (bicyclic) bond motifs is 1. The number of H-pyrrole nitrogens is 1. The van der Waals surface area contributed by atoms with Crippen LogP contribution in [0.25, 0.3) is 10.9 Å². The van der Waals surface area contributed by atoms with E-state index in [0.717, 1.165) is 22.2 Å². The average molecular weight is 355 g/mol. The van der Waals surface area contributed by atoms with E-state index in [1.807, 2.05) is 49.5 Å². The summed E-state index contributed by atoms with van der Waals surface area (Å²) in [4.78, 5) is 15.5. The molecule has 0 aliphatic carbocycles. The number of halogens is 1. The zero-order valence-electron chi connectivity index (χ0n) is 13.8. The van der Waals surface area contributed by atoms with Crippen LogP contribution in [0.5, 0.6) is 0 Å². The van der Waals surface area contributed by atoms with Crippen LogP contribution in [0.1, 0.15) is 18.9 Å². The van der Waals surface area contributed by atoms with Crippen LogP contribution in [0.3, 0.4) is 0 Å². The molecule has 3 aromatic rings. The van der Waals surface area contributed by atoms with Crippen LogP contribution in [-0.2, 0) is 4.79 Å². The maximum absolute atomic E-state index is 12.3. The molecule has 25 heavy (non-hydrogen) atoms. The van der Waals surface area contributed by atoms with Gasteiger partial charge in [-0.3, -0.25) is 4.79 Å². The number of carbonyl (C=O) groups is 1. The fraction of sp³-hybridized carbons (Fsp3) is 0.158. The van der Waals surface area contributed by atoms with E-state index in [0.29, 0.717) is 11.4 Å². The van der Waals surface area contributed by atoms with E-state index in [4.69, 9.17) is 11.6 Å². The number of hydrazone groups is 1. The third-order valence-corrected chi connectivity index (χ3v) is 4.12. The maximum atomic E-state index is 12.3. The highest BCUT2D eigenvalue weighted by atomic mass is 35.5. The zero-order valence-corrected chi connectivity index (χ0v) is 14.5. The molecule has 1 atom stereocenters. The third-order valence-electron chi connectivity index (χ3n) is 3.89. The van der Waals surface area contributed by atoms with Crippen molar-refractivity contribution in [3.63, 3.8) is 0 Å². The zero-order chi connectivity index (χ0) is 17.6. The number of hydrogen-bond acceptors (Lipinski definition) is 3. The number of carbonyl (C=O) groups excluding carboxylic acids is 1. The van der Waals surface area contributed by atoms with Gasteiger partial charge in [0.2, 0.25) is 0 Å². The minimum absolute atomic E-state index is 0.196. The topological polar surface area (TPSA) is 69.3 Å². The van der Waals surface area contributed by atoms with Gasteiger partial charge in [-0.15, -0.1) is 0 Å². The minimum Gasteiger partial charge on any atom is -0.374 e. The quantitative estimate of drug-likeness (QED) is 0.459. The molecule has 1 aromatic heterocycles. The molecular formula is C19H19ClN4O. The number of rotatable bonds is 6. The van der Waals surface area contributed by atoms with E-state index in [1.165, 1.54) is 0 Å². The fourth-order valence-corrected chi connectivity index (χ4v) is 2.77. The number of benzene rings is 2. The molecule has 5 nitrogen and oxygen atoms in total. The van der Waals surface area contributed by atoms with Gasteiger partial charge in [-0.25, -0.2) is 5.43 Å². The maximum Gasteiger partial charge on any atom is 0.262 e. The smallest absolute Gasteiger partial charge is 0.262 e. The molecule has 0 bridgehead atoms. The highest BCUT2D eigenvalue weighted by molar-refractivity contribution is 6.30.